The third-order valence-electron chi connectivity index (χ3n) is 4.41. The van der Waals surface area contributed by atoms with E-state index in [4.69, 9.17) is 0 Å². The number of benzene rings is 2. The summed E-state index contributed by atoms with van der Waals surface area (Å²) in [5.74, 6) is 0.473. The summed E-state index contributed by atoms with van der Waals surface area (Å²) in [5.41, 5.74) is 3.46. The quantitative estimate of drug-likeness (QED) is 0.678. The van der Waals surface area contributed by atoms with Crippen molar-refractivity contribution in [2.45, 2.75) is 13.5 Å². The molecule has 0 atom stereocenters. The summed E-state index contributed by atoms with van der Waals surface area (Å²) in [6, 6.07) is 17.9. The molecule has 1 heterocycles. The van der Waals surface area contributed by atoms with Gasteiger partial charge >= 0.3 is 0 Å². The van der Waals surface area contributed by atoms with Crippen LogP contribution < -0.4 is 10.2 Å². The molecule has 0 spiro atoms. The van der Waals surface area contributed by atoms with Gasteiger partial charge in [0.2, 0.25) is 0 Å². The van der Waals surface area contributed by atoms with E-state index in [0.717, 1.165) is 16.9 Å². The second kappa shape index (κ2) is 8.99. The highest BCUT2D eigenvalue weighted by Crippen LogP contribution is 2.18. The van der Waals surface area contributed by atoms with Crippen LogP contribution >= 0.6 is 0 Å². The summed E-state index contributed by atoms with van der Waals surface area (Å²) >= 11 is 0. The number of rotatable bonds is 7. The van der Waals surface area contributed by atoms with Crippen LogP contribution in [0.25, 0.3) is 0 Å². The molecule has 3 rings (SSSR count). The Hall–Kier alpha value is -3.41. The summed E-state index contributed by atoms with van der Waals surface area (Å²) in [4.78, 5) is 25.2. The minimum Gasteiger partial charge on any atom is -0.378 e. The van der Waals surface area contributed by atoms with Crippen LogP contribution in [0.2, 0.25) is 0 Å². The molecule has 0 unspecified atom stereocenters. The number of carbonyl (C=O) groups excluding carboxylic acids is 1. The van der Waals surface area contributed by atoms with Gasteiger partial charge in [-0.25, -0.2) is 9.97 Å². The SMILES string of the molecule is CCN(Cc1ccccc1)C(=O)c1cnc(Nc2ccc(N(C)C)cc2)cn1. The number of nitrogens with zero attached hydrogens (tertiary/aromatic N) is 4. The first-order chi connectivity index (χ1) is 13.6. The van der Waals surface area contributed by atoms with Crippen molar-refractivity contribution in [3.8, 4) is 0 Å². The lowest BCUT2D eigenvalue weighted by atomic mass is 10.2. The van der Waals surface area contributed by atoms with Gasteiger partial charge in [0.1, 0.15) is 11.5 Å². The Labute approximate surface area is 165 Å². The summed E-state index contributed by atoms with van der Waals surface area (Å²) in [7, 11) is 4.00. The van der Waals surface area contributed by atoms with Crippen LogP contribution in [0.5, 0.6) is 0 Å². The van der Waals surface area contributed by atoms with Gasteiger partial charge in [0, 0.05) is 38.6 Å². The minimum atomic E-state index is -0.124. The average molecular weight is 375 g/mol. The Morgan fingerprint density at radius 1 is 0.964 bits per heavy atom. The summed E-state index contributed by atoms with van der Waals surface area (Å²) in [5, 5.41) is 3.20. The first-order valence-corrected chi connectivity index (χ1v) is 9.26. The first kappa shape index (κ1) is 19.4. The van der Waals surface area contributed by atoms with Gasteiger partial charge in [-0.3, -0.25) is 4.79 Å². The van der Waals surface area contributed by atoms with Crippen LogP contribution in [0.3, 0.4) is 0 Å². The molecule has 0 aliphatic heterocycles. The van der Waals surface area contributed by atoms with Crippen LogP contribution in [0.1, 0.15) is 23.0 Å². The topological polar surface area (TPSA) is 61.4 Å². The van der Waals surface area contributed by atoms with Gasteiger partial charge in [-0.05, 0) is 36.8 Å². The van der Waals surface area contributed by atoms with Gasteiger partial charge in [-0.1, -0.05) is 30.3 Å². The molecular formula is C22H25N5O. The zero-order chi connectivity index (χ0) is 19.9. The molecule has 1 aromatic heterocycles. The van der Waals surface area contributed by atoms with E-state index in [9.17, 15) is 4.79 Å². The number of carbonyl (C=O) groups is 1. The Morgan fingerprint density at radius 3 is 2.25 bits per heavy atom. The second-order valence-electron chi connectivity index (χ2n) is 6.66. The Morgan fingerprint density at radius 2 is 1.68 bits per heavy atom. The second-order valence-corrected chi connectivity index (χ2v) is 6.66. The number of hydrogen-bond donors (Lipinski definition) is 1. The van der Waals surface area contributed by atoms with Gasteiger partial charge in [0.25, 0.3) is 5.91 Å². The van der Waals surface area contributed by atoms with Crippen molar-refractivity contribution in [3.63, 3.8) is 0 Å². The fraction of sp³-hybridized carbons (Fsp3) is 0.227. The normalized spacial score (nSPS) is 10.4. The lowest BCUT2D eigenvalue weighted by Crippen LogP contribution is -2.31. The maximum atomic E-state index is 12.7. The van der Waals surface area contributed by atoms with Gasteiger partial charge < -0.3 is 15.1 Å². The van der Waals surface area contributed by atoms with Crippen LogP contribution in [0.4, 0.5) is 17.2 Å². The zero-order valence-electron chi connectivity index (χ0n) is 16.5. The van der Waals surface area contributed by atoms with Gasteiger partial charge in [0.15, 0.2) is 0 Å². The smallest absolute Gasteiger partial charge is 0.274 e. The predicted octanol–water partition coefficient (Wildman–Crippen LogP) is 3.95. The van der Waals surface area contributed by atoms with E-state index in [-0.39, 0.29) is 5.91 Å². The standard InChI is InChI=1S/C22H25N5O/c1-4-27(16-17-8-6-5-7-9-17)22(28)20-14-24-21(15-23-20)25-18-10-12-19(13-11-18)26(2)3/h5-15H,4,16H2,1-3H3,(H,24,25). The number of amides is 1. The van der Waals surface area contributed by atoms with Crippen LogP contribution in [-0.4, -0.2) is 41.4 Å². The molecule has 6 heteroatoms. The van der Waals surface area contributed by atoms with Crippen molar-refractivity contribution < 1.29 is 4.79 Å². The molecule has 0 aliphatic carbocycles. The fourth-order valence-corrected chi connectivity index (χ4v) is 2.79. The maximum Gasteiger partial charge on any atom is 0.274 e. The molecule has 3 aromatic rings. The molecule has 0 fully saturated rings. The summed E-state index contributed by atoms with van der Waals surface area (Å²) in [6.45, 7) is 3.12. The fourth-order valence-electron chi connectivity index (χ4n) is 2.79. The van der Waals surface area contributed by atoms with Gasteiger partial charge in [0.05, 0.1) is 12.4 Å². The summed E-state index contributed by atoms with van der Waals surface area (Å²) in [6.07, 6.45) is 3.11. The van der Waals surface area contributed by atoms with Crippen molar-refractivity contribution >= 4 is 23.1 Å². The monoisotopic (exact) mass is 375 g/mol. The molecule has 1 N–H and O–H groups in total. The Kier molecular flexibility index (Phi) is 6.22. The minimum absolute atomic E-state index is 0.124. The highest BCUT2D eigenvalue weighted by Gasteiger charge is 2.16. The molecule has 2 aromatic carbocycles. The van der Waals surface area contributed by atoms with E-state index in [1.54, 1.807) is 11.1 Å². The molecule has 0 saturated carbocycles. The van der Waals surface area contributed by atoms with Gasteiger partial charge in [-0.2, -0.15) is 0 Å². The van der Waals surface area contributed by atoms with Crippen molar-refractivity contribution in [2.24, 2.45) is 0 Å². The highest BCUT2D eigenvalue weighted by molar-refractivity contribution is 5.92. The largest absolute Gasteiger partial charge is 0.378 e. The Bertz CT molecular complexity index is 892. The van der Waals surface area contributed by atoms with Crippen LogP contribution in [0.15, 0.2) is 67.0 Å². The number of anilines is 3. The Balaban J connectivity index is 1.66. The molecule has 144 valence electrons. The summed E-state index contributed by atoms with van der Waals surface area (Å²) < 4.78 is 0. The maximum absolute atomic E-state index is 12.7. The zero-order valence-corrected chi connectivity index (χ0v) is 16.5. The van der Waals surface area contributed by atoms with E-state index in [2.05, 4.69) is 15.3 Å². The van der Waals surface area contributed by atoms with E-state index in [0.29, 0.717) is 24.6 Å². The third kappa shape index (κ3) is 4.85. The van der Waals surface area contributed by atoms with Gasteiger partial charge in [-0.15, -0.1) is 0 Å². The lowest BCUT2D eigenvalue weighted by Gasteiger charge is -2.20. The van der Waals surface area contributed by atoms with E-state index < -0.39 is 0 Å². The predicted molar refractivity (Wildman–Crippen MR) is 113 cm³/mol. The molecule has 6 nitrogen and oxygen atoms in total. The average Bonchev–Trinajstić information content (AvgIpc) is 2.73. The van der Waals surface area contributed by atoms with Crippen molar-refractivity contribution in [1.82, 2.24) is 14.9 Å². The van der Waals surface area contributed by atoms with Crippen molar-refractivity contribution in [3.05, 3.63) is 78.2 Å². The lowest BCUT2D eigenvalue weighted by molar-refractivity contribution is 0.0746. The number of aromatic nitrogens is 2. The molecule has 0 aliphatic rings. The molecule has 0 bridgehead atoms. The number of nitrogens with one attached hydrogen (secondary N) is 1. The highest BCUT2D eigenvalue weighted by atomic mass is 16.2. The molecule has 28 heavy (non-hydrogen) atoms. The van der Waals surface area contributed by atoms with E-state index >= 15 is 0 Å². The molecule has 1 amide bonds. The van der Waals surface area contributed by atoms with Crippen molar-refractivity contribution in [1.29, 1.82) is 0 Å². The molecule has 0 radical (unpaired) electrons. The van der Waals surface area contributed by atoms with Crippen LogP contribution in [0, 0.1) is 0 Å². The van der Waals surface area contributed by atoms with Crippen LogP contribution in [-0.2, 0) is 6.54 Å². The number of hydrogen-bond acceptors (Lipinski definition) is 5. The molecule has 0 saturated heterocycles. The third-order valence-corrected chi connectivity index (χ3v) is 4.41. The van der Waals surface area contributed by atoms with Crippen molar-refractivity contribution in [2.75, 3.05) is 30.9 Å². The first-order valence-electron chi connectivity index (χ1n) is 9.26. The molecular weight excluding hydrogens is 350 g/mol. The van der Waals surface area contributed by atoms with E-state index in [1.165, 1.54) is 6.20 Å². The van der Waals surface area contributed by atoms with E-state index in [1.807, 2.05) is 80.5 Å².